The van der Waals surface area contributed by atoms with Crippen LogP contribution in [-0.2, 0) is 17.9 Å². The van der Waals surface area contributed by atoms with Gasteiger partial charge in [0.05, 0.1) is 12.0 Å². The summed E-state index contributed by atoms with van der Waals surface area (Å²) in [7, 11) is 0. The molecule has 2 aromatic rings. The normalized spacial score (nSPS) is 16.8. The Morgan fingerprint density at radius 2 is 1.69 bits per heavy atom. The molecule has 0 saturated carbocycles. The summed E-state index contributed by atoms with van der Waals surface area (Å²) < 4.78 is 13.4. The third-order valence-electron chi connectivity index (χ3n) is 6.24. The molecule has 1 saturated heterocycles. The van der Waals surface area contributed by atoms with Gasteiger partial charge in [0, 0.05) is 31.9 Å². The Hall–Kier alpha value is -2.93. The maximum absolute atomic E-state index is 13.4. The maximum Gasteiger partial charge on any atom is 0.322 e. The Labute approximate surface area is 188 Å². The molecule has 7 heteroatoms. The van der Waals surface area contributed by atoms with E-state index in [2.05, 4.69) is 5.32 Å². The number of aliphatic hydroxyl groups is 1. The number of fused-ring (bicyclic) bond motifs is 1. The summed E-state index contributed by atoms with van der Waals surface area (Å²) in [4.78, 5) is 28.4. The fraction of sp³-hybridized carbons (Fsp3) is 0.440. The van der Waals surface area contributed by atoms with Gasteiger partial charge in [0.15, 0.2) is 0 Å². The van der Waals surface area contributed by atoms with Crippen molar-refractivity contribution in [2.75, 3.05) is 18.4 Å². The van der Waals surface area contributed by atoms with Crippen LogP contribution in [-0.4, -0.2) is 45.5 Å². The molecule has 2 N–H and O–H groups in total. The molecule has 3 amide bonds. The summed E-state index contributed by atoms with van der Waals surface area (Å²) in [5, 5.41) is 12.8. The van der Waals surface area contributed by atoms with Gasteiger partial charge in [-0.2, -0.15) is 0 Å². The Balaban J connectivity index is 1.29. The Morgan fingerprint density at radius 3 is 2.34 bits per heavy atom. The van der Waals surface area contributed by atoms with Crippen molar-refractivity contribution in [1.82, 2.24) is 9.80 Å². The molecule has 2 aliphatic rings. The van der Waals surface area contributed by atoms with E-state index in [1.165, 1.54) is 17.7 Å². The van der Waals surface area contributed by atoms with E-state index < -0.39 is 5.60 Å². The summed E-state index contributed by atoms with van der Waals surface area (Å²) in [5.74, 6) is 0.0868. The maximum atomic E-state index is 13.4. The Bertz CT molecular complexity index is 992. The first-order valence-corrected chi connectivity index (χ1v) is 11.1. The number of likely N-dealkylation sites (tertiary alicyclic amines) is 1. The van der Waals surface area contributed by atoms with E-state index in [0.717, 1.165) is 29.7 Å². The number of piperidine rings is 1. The summed E-state index contributed by atoms with van der Waals surface area (Å²) >= 11 is 0. The lowest BCUT2D eigenvalue weighted by Gasteiger charge is -2.33. The minimum Gasteiger partial charge on any atom is -0.390 e. The average molecular weight is 440 g/mol. The summed E-state index contributed by atoms with van der Waals surface area (Å²) in [6.07, 6.45) is 1.90. The minimum absolute atomic E-state index is 0.000752. The van der Waals surface area contributed by atoms with Gasteiger partial charge in [-0.3, -0.25) is 4.79 Å². The van der Waals surface area contributed by atoms with Crippen molar-refractivity contribution in [3.05, 3.63) is 65.0 Å². The number of halogens is 1. The third kappa shape index (κ3) is 5.27. The van der Waals surface area contributed by atoms with Crippen LogP contribution in [0.1, 0.15) is 55.7 Å². The van der Waals surface area contributed by atoms with Crippen molar-refractivity contribution in [3.8, 4) is 0 Å². The quantitative estimate of drug-likeness (QED) is 0.749. The van der Waals surface area contributed by atoms with Crippen LogP contribution in [0.5, 0.6) is 0 Å². The fourth-order valence-electron chi connectivity index (χ4n) is 4.49. The van der Waals surface area contributed by atoms with Gasteiger partial charge in [0.2, 0.25) is 5.91 Å². The van der Waals surface area contributed by atoms with Crippen molar-refractivity contribution in [2.24, 2.45) is 0 Å². The van der Waals surface area contributed by atoms with Crippen molar-refractivity contribution in [1.29, 1.82) is 0 Å². The molecule has 6 nitrogen and oxygen atoms in total. The molecule has 1 fully saturated rings. The highest BCUT2D eigenvalue weighted by Gasteiger charge is 2.27. The number of urea groups is 1. The molecule has 2 aliphatic heterocycles. The van der Waals surface area contributed by atoms with Crippen LogP contribution in [0.4, 0.5) is 14.9 Å². The second-order valence-electron chi connectivity index (χ2n) is 9.47. The summed E-state index contributed by atoms with van der Waals surface area (Å²) in [6, 6.07) is 12.3. The monoisotopic (exact) mass is 439 g/mol. The molecule has 0 spiro atoms. The van der Waals surface area contributed by atoms with Gasteiger partial charge in [-0.25, -0.2) is 9.18 Å². The number of rotatable bonds is 4. The Kier molecular flexibility index (Phi) is 6.20. The van der Waals surface area contributed by atoms with Crippen molar-refractivity contribution >= 4 is 17.6 Å². The number of amides is 3. The lowest BCUT2D eigenvalue weighted by atomic mass is 9.89. The van der Waals surface area contributed by atoms with Crippen LogP contribution in [0, 0.1) is 5.82 Å². The van der Waals surface area contributed by atoms with E-state index in [9.17, 15) is 19.1 Å². The van der Waals surface area contributed by atoms with Crippen LogP contribution < -0.4 is 5.32 Å². The third-order valence-corrected chi connectivity index (χ3v) is 6.24. The molecule has 0 aromatic heterocycles. The molecular weight excluding hydrogens is 409 g/mol. The number of benzene rings is 2. The van der Waals surface area contributed by atoms with Crippen LogP contribution in [0.2, 0.25) is 0 Å². The van der Waals surface area contributed by atoms with E-state index in [-0.39, 0.29) is 24.2 Å². The SMILES string of the molecule is CC(C)(O)CC(=O)N1CCC(c2ccc(NC(=O)N3Cc4ccc(F)cc4C3)cc2)CC1. The number of carbonyl (C=O) groups excluding carboxylic acids is 2. The lowest BCUT2D eigenvalue weighted by Crippen LogP contribution is -2.41. The van der Waals surface area contributed by atoms with E-state index in [1.807, 2.05) is 29.2 Å². The van der Waals surface area contributed by atoms with Gasteiger partial charge in [0.1, 0.15) is 5.82 Å². The highest BCUT2D eigenvalue weighted by molar-refractivity contribution is 5.89. The minimum atomic E-state index is -0.984. The number of anilines is 1. The highest BCUT2D eigenvalue weighted by Crippen LogP contribution is 2.30. The summed E-state index contributed by atoms with van der Waals surface area (Å²) in [5.41, 5.74) is 2.76. The van der Waals surface area contributed by atoms with Gasteiger partial charge in [-0.05, 0) is 73.6 Å². The van der Waals surface area contributed by atoms with Crippen molar-refractivity contribution in [2.45, 2.75) is 57.7 Å². The van der Waals surface area contributed by atoms with E-state index in [0.29, 0.717) is 32.1 Å². The molecule has 170 valence electrons. The first-order valence-electron chi connectivity index (χ1n) is 11.1. The van der Waals surface area contributed by atoms with Crippen LogP contribution in [0.15, 0.2) is 42.5 Å². The second kappa shape index (κ2) is 8.90. The van der Waals surface area contributed by atoms with E-state index in [4.69, 9.17) is 0 Å². The summed E-state index contributed by atoms with van der Waals surface area (Å²) in [6.45, 7) is 5.56. The zero-order valence-electron chi connectivity index (χ0n) is 18.6. The molecular formula is C25H30FN3O3. The Morgan fingerprint density at radius 1 is 1.03 bits per heavy atom. The molecule has 4 rings (SSSR count). The van der Waals surface area contributed by atoms with Gasteiger partial charge in [0.25, 0.3) is 0 Å². The zero-order chi connectivity index (χ0) is 22.9. The predicted molar refractivity (Wildman–Crippen MR) is 121 cm³/mol. The molecule has 0 atom stereocenters. The molecule has 2 heterocycles. The second-order valence-corrected chi connectivity index (χ2v) is 9.47. The standard InChI is InChI=1S/C25H30FN3O3/c1-25(2,32)14-23(30)28-11-9-18(10-12-28)17-4-7-22(8-5-17)27-24(31)29-15-19-3-6-21(26)13-20(19)16-29/h3-8,13,18,32H,9-12,14-16H2,1-2H3,(H,27,31). The van der Waals surface area contributed by atoms with Gasteiger partial charge < -0.3 is 20.2 Å². The molecule has 0 aliphatic carbocycles. The predicted octanol–water partition coefficient (Wildman–Crippen LogP) is 4.24. The fourth-order valence-corrected chi connectivity index (χ4v) is 4.49. The van der Waals surface area contributed by atoms with Crippen LogP contribution in [0.3, 0.4) is 0 Å². The smallest absolute Gasteiger partial charge is 0.322 e. The van der Waals surface area contributed by atoms with Gasteiger partial charge in [-0.1, -0.05) is 18.2 Å². The largest absolute Gasteiger partial charge is 0.390 e. The molecule has 2 aromatic carbocycles. The number of carbonyl (C=O) groups is 2. The molecule has 32 heavy (non-hydrogen) atoms. The van der Waals surface area contributed by atoms with Crippen LogP contribution >= 0.6 is 0 Å². The number of hydrogen-bond donors (Lipinski definition) is 2. The number of hydrogen-bond acceptors (Lipinski definition) is 3. The topological polar surface area (TPSA) is 72.9 Å². The molecule has 0 radical (unpaired) electrons. The lowest BCUT2D eigenvalue weighted by molar-refractivity contribution is -0.136. The van der Waals surface area contributed by atoms with Crippen molar-refractivity contribution in [3.63, 3.8) is 0 Å². The van der Waals surface area contributed by atoms with Gasteiger partial charge >= 0.3 is 6.03 Å². The number of nitrogens with zero attached hydrogens (tertiary/aromatic N) is 2. The molecule has 0 bridgehead atoms. The first kappa shape index (κ1) is 22.3. The highest BCUT2D eigenvalue weighted by atomic mass is 19.1. The van der Waals surface area contributed by atoms with E-state index >= 15 is 0 Å². The van der Waals surface area contributed by atoms with Crippen molar-refractivity contribution < 1.29 is 19.1 Å². The van der Waals surface area contributed by atoms with Gasteiger partial charge in [-0.15, -0.1) is 0 Å². The zero-order valence-corrected chi connectivity index (χ0v) is 18.6. The first-order chi connectivity index (χ1) is 15.2. The number of nitrogens with one attached hydrogen (secondary N) is 1. The average Bonchev–Trinajstić information content (AvgIpc) is 3.17. The van der Waals surface area contributed by atoms with Crippen LogP contribution in [0.25, 0.3) is 0 Å². The van der Waals surface area contributed by atoms with E-state index in [1.54, 1.807) is 24.8 Å². The molecule has 0 unspecified atom stereocenters.